The van der Waals surface area contributed by atoms with Gasteiger partial charge >= 0.3 is 0 Å². The Morgan fingerprint density at radius 2 is 1.87 bits per heavy atom. The van der Waals surface area contributed by atoms with Crippen molar-refractivity contribution in [2.75, 3.05) is 19.5 Å². The van der Waals surface area contributed by atoms with Crippen molar-refractivity contribution in [1.82, 2.24) is 0 Å². The van der Waals surface area contributed by atoms with Gasteiger partial charge in [-0.15, -0.1) is 12.4 Å². The molecule has 0 aliphatic heterocycles. The van der Waals surface area contributed by atoms with Crippen molar-refractivity contribution in [1.29, 1.82) is 0 Å². The number of methoxy groups -OCH3 is 2. The third-order valence-corrected chi connectivity index (χ3v) is 4.56. The Morgan fingerprint density at radius 1 is 1.26 bits per heavy atom. The van der Waals surface area contributed by atoms with Crippen LogP contribution in [0.1, 0.15) is 38.2 Å². The van der Waals surface area contributed by atoms with E-state index in [9.17, 15) is 4.79 Å². The Balaban J connectivity index is 0.00000264. The summed E-state index contributed by atoms with van der Waals surface area (Å²) in [5.74, 6) is 1.08. The van der Waals surface area contributed by atoms with Crippen LogP contribution in [-0.4, -0.2) is 25.7 Å². The van der Waals surface area contributed by atoms with Gasteiger partial charge < -0.3 is 20.5 Å². The van der Waals surface area contributed by atoms with Gasteiger partial charge in [-0.1, -0.05) is 12.8 Å². The van der Waals surface area contributed by atoms with Gasteiger partial charge in [0, 0.05) is 17.3 Å². The number of carbonyl (C=O) groups is 1. The molecule has 1 aromatic carbocycles. The minimum absolute atomic E-state index is 0. The van der Waals surface area contributed by atoms with E-state index in [1.807, 2.05) is 19.9 Å². The first-order valence-corrected chi connectivity index (χ1v) is 7.71. The smallest absolute Gasteiger partial charge is 0.229 e. The van der Waals surface area contributed by atoms with Gasteiger partial charge in [0.1, 0.15) is 0 Å². The van der Waals surface area contributed by atoms with Gasteiger partial charge in [0.2, 0.25) is 5.91 Å². The lowest BCUT2D eigenvalue weighted by Crippen LogP contribution is -2.51. The van der Waals surface area contributed by atoms with E-state index in [4.69, 9.17) is 15.2 Å². The molecule has 0 heterocycles. The molecule has 5 nitrogen and oxygen atoms in total. The van der Waals surface area contributed by atoms with Crippen LogP contribution in [0.4, 0.5) is 5.69 Å². The highest BCUT2D eigenvalue weighted by Crippen LogP contribution is 2.35. The van der Waals surface area contributed by atoms with Crippen molar-refractivity contribution < 1.29 is 14.3 Å². The number of hydrogen-bond donors (Lipinski definition) is 2. The molecule has 130 valence electrons. The van der Waals surface area contributed by atoms with Crippen molar-refractivity contribution in [3.8, 4) is 11.5 Å². The maximum atomic E-state index is 12.6. The van der Waals surface area contributed by atoms with Crippen LogP contribution in [-0.2, 0) is 4.79 Å². The van der Waals surface area contributed by atoms with Gasteiger partial charge in [-0.25, -0.2) is 0 Å². The molecule has 3 N–H and O–H groups in total. The number of hydrogen-bond acceptors (Lipinski definition) is 4. The average Bonchev–Trinajstić information content (AvgIpc) is 2.48. The van der Waals surface area contributed by atoms with E-state index in [2.05, 4.69) is 5.32 Å². The van der Waals surface area contributed by atoms with E-state index in [1.54, 1.807) is 20.3 Å². The molecule has 1 saturated carbocycles. The van der Waals surface area contributed by atoms with E-state index >= 15 is 0 Å². The lowest BCUT2D eigenvalue weighted by Gasteiger charge is -2.37. The highest BCUT2D eigenvalue weighted by molar-refractivity contribution is 5.94. The molecule has 0 saturated heterocycles. The quantitative estimate of drug-likeness (QED) is 0.880. The van der Waals surface area contributed by atoms with Crippen molar-refractivity contribution in [3.63, 3.8) is 0 Å². The number of rotatable bonds is 4. The van der Waals surface area contributed by atoms with Crippen molar-refractivity contribution in [3.05, 3.63) is 17.7 Å². The first-order chi connectivity index (χ1) is 10.4. The largest absolute Gasteiger partial charge is 0.493 e. The number of amides is 1. The minimum atomic E-state index is -0.438. The number of benzene rings is 1. The molecule has 6 heteroatoms. The minimum Gasteiger partial charge on any atom is -0.493 e. The zero-order chi connectivity index (χ0) is 16.3. The SMILES string of the molecule is COc1cc(C)c(NC(=O)C2CCCCC2(C)N)cc1OC.Cl. The van der Waals surface area contributed by atoms with Gasteiger partial charge in [0.15, 0.2) is 11.5 Å². The number of carbonyl (C=O) groups excluding carboxylic acids is 1. The van der Waals surface area contributed by atoms with E-state index in [-0.39, 0.29) is 24.2 Å². The highest BCUT2D eigenvalue weighted by atomic mass is 35.5. The predicted octanol–water partition coefficient (Wildman–Crippen LogP) is 3.28. The molecule has 0 radical (unpaired) electrons. The third-order valence-electron chi connectivity index (χ3n) is 4.56. The van der Waals surface area contributed by atoms with Gasteiger partial charge in [0.25, 0.3) is 0 Å². The first kappa shape index (κ1) is 19.6. The summed E-state index contributed by atoms with van der Waals surface area (Å²) in [6, 6.07) is 3.65. The summed E-state index contributed by atoms with van der Waals surface area (Å²) in [4.78, 5) is 12.6. The second-order valence-electron chi connectivity index (χ2n) is 6.32. The molecule has 2 rings (SSSR count). The molecule has 0 spiro atoms. The van der Waals surface area contributed by atoms with Crippen LogP contribution in [0.25, 0.3) is 0 Å². The van der Waals surface area contributed by atoms with Gasteiger partial charge in [-0.05, 0) is 38.3 Å². The molecule has 0 bridgehead atoms. The molecule has 1 aliphatic carbocycles. The maximum absolute atomic E-state index is 12.6. The summed E-state index contributed by atoms with van der Waals surface area (Å²) in [5.41, 5.74) is 7.54. The summed E-state index contributed by atoms with van der Waals surface area (Å²) in [5, 5.41) is 3.01. The molecule has 2 unspecified atom stereocenters. The van der Waals surface area contributed by atoms with E-state index in [0.29, 0.717) is 11.5 Å². The molecule has 0 aromatic heterocycles. The highest BCUT2D eigenvalue weighted by Gasteiger charge is 2.37. The zero-order valence-corrected chi connectivity index (χ0v) is 15.1. The normalized spacial score (nSPS) is 23.6. The van der Waals surface area contributed by atoms with Crippen molar-refractivity contribution >= 4 is 24.0 Å². The number of anilines is 1. The molecule has 1 fully saturated rings. The fraction of sp³-hybridized carbons (Fsp3) is 0.588. The second kappa shape index (κ2) is 7.88. The Labute approximate surface area is 144 Å². The van der Waals surface area contributed by atoms with Crippen LogP contribution in [0.5, 0.6) is 11.5 Å². The average molecular weight is 343 g/mol. The monoisotopic (exact) mass is 342 g/mol. The fourth-order valence-electron chi connectivity index (χ4n) is 3.12. The Morgan fingerprint density at radius 3 is 2.43 bits per heavy atom. The van der Waals surface area contributed by atoms with Gasteiger partial charge in [-0.2, -0.15) is 0 Å². The van der Waals surface area contributed by atoms with Crippen LogP contribution in [0.2, 0.25) is 0 Å². The number of aryl methyl sites for hydroxylation is 1. The number of nitrogens with two attached hydrogens (primary N) is 1. The maximum Gasteiger partial charge on any atom is 0.229 e. The number of halogens is 1. The van der Waals surface area contributed by atoms with Crippen molar-refractivity contribution in [2.45, 2.75) is 45.1 Å². The standard InChI is InChI=1S/C17H26N2O3.ClH/c1-11-9-14(21-3)15(22-4)10-13(11)19-16(20)12-7-5-6-8-17(12,2)18;/h9-10,12H,5-8,18H2,1-4H3,(H,19,20);1H. The summed E-state index contributed by atoms with van der Waals surface area (Å²) < 4.78 is 10.6. The fourth-order valence-corrected chi connectivity index (χ4v) is 3.12. The van der Waals surface area contributed by atoms with Gasteiger partial charge in [0.05, 0.1) is 20.1 Å². The number of ether oxygens (including phenoxy) is 2. The molecule has 2 atom stereocenters. The van der Waals surface area contributed by atoms with Crippen LogP contribution >= 0.6 is 12.4 Å². The molecule has 1 amide bonds. The summed E-state index contributed by atoms with van der Waals surface area (Å²) >= 11 is 0. The topological polar surface area (TPSA) is 73.6 Å². The molecule has 1 aromatic rings. The first-order valence-electron chi connectivity index (χ1n) is 7.71. The van der Waals surface area contributed by atoms with E-state index in [1.165, 1.54) is 0 Å². The Kier molecular flexibility index (Phi) is 6.71. The Bertz CT molecular complexity index is 561. The van der Waals surface area contributed by atoms with Crippen LogP contribution in [0.15, 0.2) is 12.1 Å². The molecule has 23 heavy (non-hydrogen) atoms. The van der Waals surface area contributed by atoms with E-state index in [0.717, 1.165) is 36.9 Å². The van der Waals surface area contributed by atoms with Crippen molar-refractivity contribution in [2.24, 2.45) is 11.7 Å². The lowest BCUT2D eigenvalue weighted by atomic mass is 9.74. The zero-order valence-electron chi connectivity index (χ0n) is 14.3. The number of nitrogens with one attached hydrogen (secondary N) is 1. The summed E-state index contributed by atoms with van der Waals surface area (Å²) in [6.07, 6.45) is 3.86. The summed E-state index contributed by atoms with van der Waals surface area (Å²) in [6.45, 7) is 3.90. The van der Waals surface area contributed by atoms with Gasteiger partial charge in [-0.3, -0.25) is 4.79 Å². The van der Waals surface area contributed by atoms with Crippen LogP contribution < -0.4 is 20.5 Å². The second-order valence-corrected chi connectivity index (χ2v) is 6.32. The van der Waals surface area contributed by atoms with Crippen LogP contribution in [0, 0.1) is 12.8 Å². The molecular weight excluding hydrogens is 316 g/mol. The van der Waals surface area contributed by atoms with E-state index < -0.39 is 5.54 Å². The molecule has 1 aliphatic rings. The Hall–Kier alpha value is -1.46. The lowest BCUT2D eigenvalue weighted by molar-refractivity contribution is -0.122. The predicted molar refractivity (Wildman–Crippen MR) is 94.7 cm³/mol. The summed E-state index contributed by atoms with van der Waals surface area (Å²) in [7, 11) is 3.17. The third kappa shape index (κ3) is 4.30. The van der Waals surface area contributed by atoms with Crippen LogP contribution in [0.3, 0.4) is 0 Å². The molecular formula is C17H27ClN2O3.